The Morgan fingerprint density at radius 3 is 2.96 bits per heavy atom. The molecule has 2 aliphatic heterocycles. The van der Waals surface area contributed by atoms with Crippen molar-refractivity contribution in [1.82, 2.24) is 19.7 Å². The summed E-state index contributed by atoms with van der Waals surface area (Å²) in [5.74, 6) is 1.50. The Balaban J connectivity index is 1.71. The van der Waals surface area contributed by atoms with Crippen molar-refractivity contribution >= 4 is 17.5 Å². The van der Waals surface area contributed by atoms with Gasteiger partial charge in [-0.2, -0.15) is 10.2 Å². The third-order valence-corrected chi connectivity index (χ3v) is 4.65. The second-order valence-corrected chi connectivity index (χ2v) is 6.38. The molecule has 1 fully saturated rings. The maximum absolute atomic E-state index is 9.22. The lowest BCUT2D eigenvalue weighted by molar-refractivity contribution is 0.0652. The molecule has 0 atom stereocenters. The number of fused-ring (bicyclic) bond motifs is 3. The molecule has 1 saturated heterocycles. The first-order chi connectivity index (χ1) is 12.8. The van der Waals surface area contributed by atoms with E-state index in [9.17, 15) is 5.26 Å². The van der Waals surface area contributed by atoms with Gasteiger partial charge < -0.3 is 20.1 Å². The average Bonchev–Trinajstić information content (AvgIpc) is 2.96. The Labute approximate surface area is 151 Å². The van der Waals surface area contributed by atoms with E-state index in [2.05, 4.69) is 26.7 Å². The smallest absolute Gasteiger partial charge is 0.257 e. The number of rotatable bonds is 1. The van der Waals surface area contributed by atoms with E-state index in [-0.39, 0.29) is 0 Å². The quantitative estimate of drug-likeness (QED) is 0.801. The third-order valence-electron chi connectivity index (χ3n) is 4.65. The average molecular weight is 355 g/mol. The van der Waals surface area contributed by atoms with Crippen LogP contribution in [-0.4, -0.2) is 46.1 Å². The predicted octanol–water partition coefficient (Wildman–Crippen LogP) is 2.14. The van der Waals surface area contributed by atoms with Gasteiger partial charge >= 0.3 is 0 Å². The van der Waals surface area contributed by atoms with Crippen LogP contribution in [0.25, 0.3) is 0 Å². The fraction of sp³-hybridized carbons (Fsp3) is 0.529. The first-order valence-corrected chi connectivity index (χ1v) is 8.84. The summed E-state index contributed by atoms with van der Waals surface area (Å²) < 4.78 is 13.4. The van der Waals surface area contributed by atoms with Gasteiger partial charge in [0.1, 0.15) is 23.1 Å². The van der Waals surface area contributed by atoms with E-state index >= 15 is 0 Å². The number of nitrogens with zero attached hydrogens (tertiary/aromatic N) is 5. The zero-order valence-electron chi connectivity index (χ0n) is 14.7. The molecule has 0 radical (unpaired) electrons. The van der Waals surface area contributed by atoms with Crippen molar-refractivity contribution in [2.75, 3.05) is 37.0 Å². The maximum atomic E-state index is 9.22. The van der Waals surface area contributed by atoms with Gasteiger partial charge in [0.15, 0.2) is 0 Å². The number of nitriles is 1. The molecule has 4 rings (SSSR count). The topological polar surface area (TPSA) is 110 Å². The van der Waals surface area contributed by atoms with Crippen LogP contribution in [0.1, 0.15) is 36.6 Å². The van der Waals surface area contributed by atoms with Crippen LogP contribution in [0.3, 0.4) is 0 Å². The van der Waals surface area contributed by atoms with E-state index in [0.29, 0.717) is 42.4 Å². The van der Waals surface area contributed by atoms with E-state index < -0.39 is 0 Å². The number of hydrogen-bond donors (Lipinski definition) is 2. The monoisotopic (exact) mass is 355 g/mol. The van der Waals surface area contributed by atoms with E-state index in [1.54, 1.807) is 0 Å². The van der Waals surface area contributed by atoms with Crippen molar-refractivity contribution < 1.29 is 9.47 Å². The zero-order chi connectivity index (χ0) is 17.9. The molecule has 0 spiro atoms. The lowest BCUT2D eigenvalue weighted by Crippen LogP contribution is -2.21. The van der Waals surface area contributed by atoms with Gasteiger partial charge in [0.2, 0.25) is 5.95 Å². The number of ether oxygens (including phenoxy) is 2. The molecule has 136 valence electrons. The van der Waals surface area contributed by atoms with Gasteiger partial charge in [-0.3, -0.25) is 4.68 Å². The van der Waals surface area contributed by atoms with Crippen LogP contribution in [0.15, 0.2) is 6.20 Å². The molecule has 0 aliphatic carbocycles. The van der Waals surface area contributed by atoms with Crippen molar-refractivity contribution in [1.29, 1.82) is 5.26 Å². The molecular weight excluding hydrogens is 334 g/mol. The van der Waals surface area contributed by atoms with Crippen LogP contribution in [0, 0.1) is 18.3 Å². The first-order valence-electron chi connectivity index (χ1n) is 8.84. The highest BCUT2D eigenvalue weighted by Gasteiger charge is 2.24. The highest BCUT2D eigenvalue weighted by atomic mass is 16.5. The zero-order valence-corrected chi connectivity index (χ0v) is 14.7. The fourth-order valence-electron chi connectivity index (χ4n) is 3.24. The van der Waals surface area contributed by atoms with Gasteiger partial charge in [0, 0.05) is 19.8 Å². The number of aromatic nitrogens is 4. The molecule has 2 aliphatic rings. The molecule has 0 amide bonds. The second-order valence-electron chi connectivity index (χ2n) is 6.38. The van der Waals surface area contributed by atoms with Crippen molar-refractivity contribution in [3.8, 4) is 11.9 Å². The van der Waals surface area contributed by atoms with E-state index in [4.69, 9.17) is 14.6 Å². The Bertz CT molecular complexity index is 836. The second kappa shape index (κ2) is 7.17. The van der Waals surface area contributed by atoms with Gasteiger partial charge in [-0.1, -0.05) is 0 Å². The minimum atomic E-state index is 0.300. The van der Waals surface area contributed by atoms with Crippen molar-refractivity contribution in [2.45, 2.75) is 32.2 Å². The van der Waals surface area contributed by atoms with Crippen LogP contribution in [0.2, 0.25) is 0 Å². The Morgan fingerprint density at radius 2 is 2.15 bits per heavy atom. The molecule has 0 aromatic carbocycles. The lowest BCUT2D eigenvalue weighted by Gasteiger charge is -2.23. The van der Waals surface area contributed by atoms with Crippen LogP contribution in [0.5, 0.6) is 5.88 Å². The van der Waals surface area contributed by atoms with E-state index in [1.165, 1.54) is 6.20 Å². The molecule has 4 heterocycles. The van der Waals surface area contributed by atoms with Crippen molar-refractivity contribution in [3.05, 3.63) is 17.5 Å². The van der Waals surface area contributed by atoms with Crippen LogP contribution < -0.4 is 15.4 Å². The summed E-state index contributed by atoms with van der Waals surface area (Å²) in [7, 11) is 0. The molecule has 0 unspecified atom stereocenters. The molecule has 9 heteroatoms. The molecule has 9 nitrogen and oxygen atoms in total. The van der Waals surface area contributed by atoms with Gasteiger partial charge in [0.25, 0.3) is 5.88 Å². The van der Waals surface area contributed by atoms with Crippen LogP contribution in [-0.2, 0) is 4.74 Å². The Hall–Kier alpha value is -2.86. The standard InChI is InChI=1S/C17H21N7O2/c1-11-14-16(23-24(11)13-3-7-25-8-4-13)26-6-2-5-19-15-12(9-18)10-20-17(21-14)22-15/h10,13H,2-8H2,1H3,(H2,19,20,21,22). The number of anilines is 3. The molecule has 2 aromatic rings. The highest BCUT2D eigenvalue weighted by molar-refractivity contribution is 5.65. The van der Waals surface area contributed by atoms with E-state index in [0.717, 1.165) is 43.9 Å². The molecule has 0 saturated carbocycles. The summed E-state index contributed by atoms with van der Waals surface area (Å²) in [4.78, 5) is 8.69. The van der Waals surface area contributed by atoms with Crippen molar-refractivity contribution in [2.24, 2.45) is 0 Å². The normalized spacial score (nSPS) is 17.7. The molecular formula is C17H21N7O2. The number of hydrogen-bond acceptors (Lipinski definition) is 8. The molecule has 2 aromatic heterocycles. The van der Waals surface area contributed by atoms with Gasteiger partial charge in [-0.15, -0.1) is 5.10 Å². The number of nitrogens with one attached hydrogen (secondary N) is 2. The van der Waals surface area contributed by atoms with Crippen LogP contribution in [0.4, 0.5) is 17.5 Å². The summed E-state index contributed by atoms with van der Waals surface area (Å²) in [6.07, 6.45) is 4.16. The summed E-state index contributed by atoms with van der Waals surface area (Å²) in [5.41, 5.74) is 2.17. The summed E-state index contributed by atoms with van der Waals surface area (Å²) in [6, 6.07) is 2.41. The molecule has 2 bridgehead atoms. The highest BCUT2D eigenvalue weighted by Crippen LogP contribution is 2.34. The fourth-order valence-corrected chi connectivity index (χ4v) is 3.24. The Kier molecular flexibility index (Phi) is 4.58. The maximum Gasteiger partial charge on any atom is 0.257 e. The molecule has 26 heavy (non-hydrogen) atoms. The largest absolute Gasteiger partial charge is 0.475 e. The lowest BCUT2D eigenvalue weighted by atomic mass is 10.1. The van der Waals surface area contributed by atoms with Crippen molar-refractivity contribution in [3.63, 3.8) is 0 Å². The summed E-state index contributed by atoms with van der Waals surface area (Å²) in [6.45, 7) is 4.69. The summed E-state index contributed by atoms with van der Waals surface area (Å²) >= 11 is 0. The van der Waals surface area contributed by atoms with Crippen LogP contribution >= 0.6 is 0 Å². The minimum absolute atomic E-state index is 0.300. The molecule has 2 N–H and O–H groups in total. The van der Waals surface area contributed by atoms with Gasteiger partial charge in [-0.25, -0.2) is 4.98 Å². The van der Waals surface area contributed by atoms with Gasteiger partial charge in [-0.05, 0) is 26.2 Å². The van der Waals surface area contributed by atoms with E-state index in [1.807, 2.05) is 11.6 Å². The predicted molar refractivity (Wildman–Crippen MR) is 94.7 cm³/mol. The minimum Gasteiger partial charge on any atom is -0.475 e. The first kappa shape index (κ1) is 16.6. The summed E-state index contributed by atoms with van der Waals surface area (Å²) in [5, 5.41) is 20.3. The van der Waals surface area contributed by atoms with Gasteiger partial charge in [0.05, 0.1) is 24.5 Å². The third kappa shape index (κ3) is 3.15. The SMILES string of the molecule is Cc1c2c(nn1C1CCOCC1)OCCCNc1nc(ncc1C#N)N2. The Morgan fingerprint density at radius 1 is 1.31 bits per heavy atom.